The Labute approximate surface area is 169 Å². The van der Waals surface area contributed by atoms with Gasteiger partial charge >= 0.3 is 0 Å². The molecular formula is C20H21ClN2O4S. The molecule has 6 nitrogen and oxygen atoms in total. The highest BCUT2D eigenvalue weighted by Gasteiger charge is 2.29. The third kappa shape index (κ3) is 3.93. The van der Waals surface area contributed by atoms with Crippen LogP contribution in [0.2, 0.25) is 5.02 Å². The quantitative estimate of drug-likeness (QED) is 0.824. The van der Waals surface area contributed by atoms with Crippen molar-refractivity contribution in [1.82, 2.24) is 4.31 Å². The van der Waals surface area contributed by atoms with Gasteiger partial charge < -0.3 is 10.1 Å². The number of amides is 1. The predicted octanol–water partition coefficient (Wildman–Crippen LogP) is 3.20. The van der Waals surface area contributed by atoms with Gasteiger partial charge in [0, 0.05) is 30.4 Å². The number of nitrogens with one attached hydrogen (secondary N) is 1. The largest absolute Gasteiger partial charge is 0.368 e. The van der Waals surface area contributed by atoms with E-state index in [2.05, 4.69) is 5.32 Å². The normalized spacial score (nSPS) is 20.0. The Bertz CT molecular complexity index is 986. The molecule has 1 fully saturated rings. The minimum absolute atomic E-state index is 0.154. The van der Waals surface area contributed by atoms with E-state index in [0.29, 0.717) is 30.3 Å². The third-order valence-corrected chi connectivity index (χ3v) is 7.24. The number of hydrogen-bond acceptors (Lipinski definition) is 4. The maximum absolute atomic E-state index is 12.9. The number of carbonyl (C=O) groups is 1. The SMILES string of the molecule is O=C(Nc1ccc2c(c1)CN(S(=O)(=O)c1ccc(Cl)cc1)CC2)[C@H]1CCCO1. The zero-order valence-electron chi connectivity index (χ0n) is 15.2. The van der Waals surface area contributed by atoms with Gasteiger partial charge in [-0.05, 0) is 66.8 Å². The number of ether oxygens (including phenoxy) is 1. The summed E-state index contributed by atoms with van der Waals surface area (Å²) in [7, 11) is -3.60. The molecule has 2 aromatic carbocycles. The van der Waals surface area contributed by atoms with Crippen LogP contribution in [-0.4, -0.2) is 37.9 Å². The second-order valence-electron chi connectivity index (χ2n) is 7.02. The molecule has 0 saturated carbocycles. The molecule has 0 bridgehead atoms. The average Bonchev–Trinajstić information content (AvgIpc) is 3.23. The van der Waals surface area contributed by atoms with Crippen molar-refractivity contribution in [3.63, 3.8) is 0 Å². The summed E-state index contributed by atoms with van der Waals surface area (Å²) in [4.78, 5) is 12.5. The van der Waals surface area contributed by atoms with Crippen LogP contribution < -0.4 is 5.32 Å². The summed E-state index contributed by atoms with van der Waals surface area (Å²) >= 11 is 5.87. The van der Waals surface area contributed by atoms with E-state index < -0.39 is 16.1 Å². The summed E-state index contributed by atoms with van der Waals surface area (Å²) in [5, 5.41) is 3.37. The fourth-order valence-corrected chi connectivity index (χ4v) is 5.12. The number of rotatable bonds is 4. The van der Waals surface area contributed by atoms with Crippen LogP contribution in [0.15, 0.2) is 47.4 Å². The Balaban J connectivity index is 1.52. The number of hydrogen-bond donors (Lipinski definition) is 1. The number of sulfonamides is 1. The first-order chi connectivity index (χ1) is 13.4. The highest BCUT2D eigenvalue weighted by atomic mass is 35.5. The lowest BCUT2D eigenvalue weighted by molar-refractivity contribution is -0.124. The lowest BCUT2D eigenvalue weighted by Gasteiger charge is -2.28. The summed E-state index contributed by atoms with van der Waals surface area (Å²) in [6.07, 6.45) is 1.84. The molecule has 148 valence electrons. The molecule has 2 heterocycles. The maximum Gasteiger partial charge on any atom is 0.253 e. The number of halogens is 1. The van der Waals surface area contributed by atoms with Crippen molar-refractivity contribution in [2.24, 2.45) is 0 Å². The average molecular weight is 421 g/mol. The molecule has 4 rings (SSSR count). The van der Waals surface area contributed by atoms with Gasteiger partial charge in [-0.1, -0.05) is 17.7 Å². The summed E-state index contributed by atoms with van der Waals surface area (Å²) in [6, 6.07) is 11.8. The van der Waals surface area contributed by atoms with E-state index in [4.69, 9.17) is 16.3 Å². The van der Waals surface area contributed by atoms with E-state index in [-0.39, 0.29) is 17.3 Å². The second-order valence-corrected chi connectivity index (χ2v) is 9.39. The van der Waals surface area contributed by atoms with Crippen LogP contribution in [-0.2, 0) is 32.5 Å². The number of carbonyl (C=O) groups excluding carboxylic acids is 1. The van der Waals surface area contributed by atoms with Gasteiger partial charge in [-0.25, -0.2) is 8.42 Å². The Morgan fingerprint density at radius 1 is 1.14 bits per heavy atom. The molecule has 0 aromatic heterocycles. The van der Waals surface area contributed by atoms with Gasteiger partial charge in [-0.3, -0.25) is 4.79 Å². The smallest absolute Gasteiger partial charge is 0.253 e. The van der Waals surface area contributed by atoms with Crippen LogP contribution in [0.25, 0.3) is 0 Å². The van der Waals surface area contributed by atoms with Gasteiger partial charge in [0.05, 0.1) is 4.90 Å². The number of fused-ring (bicyclic) bond motifs is 1. The molecule has 1 amide bonds. The first-order valence-electron chi connectivity index (χ1n) is 9.23. The van der Waals surface area contributed by atoms with Gasteiger partial charge in [0.25, 0.3) is 5.91 Å². The fourth-order valence-electron chi connectivity index (χ4n) is 3.58. The van der Waals surface area contributed by atoms with E-state index in [1.165, 1.54) is 16.4 Å². The molecule has 2 aliphatic heterocycles. The molecule has 0 unspecified atom stereocenters. The molecule has 28 heavy (non-hydrogen) atoms. The highest BCUT2D eigenvalue weighted by molar-refractivity contribution is 7.89. The van der Waals surface area contributed by atoms with Crippen LogP contribution in [0.1, 0.15) is 24.0 Å². The topological polar surface area (TPSA) is 75.7 Å². The second kappa shape index (κ2) is 7.83. The Kier molecular flexibility index (Phi) is 5.42. The van der Waals surface area contributed by atoms with Crippen LogP contribution in [0.4, 0.5) is 5.69 Å². The van der Waals surface area contributed by atoms with Crippen molar-refractivity contribution < 1.29 is 17.9 Å². The molecule has 8 heteroatoms. The van der Waals surface area contributed by atoms with Gasteiger partial charge in [-0.2, -0.15) is 4.31 Å². The van der Waals surface area contributed by atoms with Crippen molar-refractivity contribution >= 4 is 33.2 Å². The van der Waals surface area contributed by atoms with E-state index in [0.717, 1.165) is 24.0 Å². The number of benzene rings is 2. The summed E-state index contributed by atoms with van der Waals surface area (Å²) in [5.41, 5.74) is 2.65. The van der Waals surface area contributed by atoms with Crippen molar-refractivity contribution in [2.45, 2.75) is 36.8 Å². The zero-order valence-corrected chi connectivity index (χ0v) is 16.8. The summed E-state index contributed by atoms with van der Waals surface area (Å²) in [5.74, 6) is -0.154. The van der Waals surface area contributed by atoms with Crippen LogP contribution in [0, 0.1) is 0 Å². The van der Waals surface area contributed by atoms with Crippen molar-refractivity contribution in [1.29, 1.82) is 0 Å². The Hall–Kier alpha value is -1.93. The first kappa shape index (κ1) is 19.4. The molecule has 0 spiro atoms. The molecule has 0 aliphatic carbocycles. The molecule has 1 atom stereocenters. The van der Waals surface area contributed by atoms with Crippen LogP contribution in [0.3, 0.4) is 0 Å². The van der Waals surface area contributed by atoms with Crippen LogP contribution >= 0.6 is 11.6 Å². The van der Waals surface area contributed by atoms with Crippen molar-refractivity contribution in [2.75, 3.05) is 18.5 Å². The third-order valence-electron chi connectivity index (χ3n) is 5.12. The fraction of sp³-hybridized carbons (Fsp3) is 0.350. The highest BCUT2D eigenvalue weighted by Crippen LogP contribution is 2.28. The lowest BCUT2D eigenvalue weighted by atomic mass is 10.0. The molecule has 2 aliphatic rings. The van der Waals surface area contributed by atoms with E-state index in [9.17, 15) is 13.2 Å². The van der Waals surface area contributed by atoms with Crippen molar-refractivity contribution in [3.8, 4) is 0 Å². The first-order valence-corrected chi connectivity index (χ1v) is 11.1. The minimum Gasteiger partial charge on any atom is -0.368 e. The lowest BCUT2D eigenvalue weighted by Crippen LogP contribution is -2.36. The van der Waals surface area contributed by atoms with Gasteiger partial charge in [0.1, 0.15) is 6.10 Å². The predicted molar refractivity (Wildman–Crippen MR) is 107 cm³/mol. The van der Waals surface area contributed by atoms with E-state index in [1.807, 2.05) is 18.2 Å². The molecule has 0 radical (unpaired) electrons. The molecule has 1 saturated heterocycles. The summed E-state index contributed by atoms with van der Waals surface area (Å²) < 4.78 is 32.8. The Morgan fingerprint density at radius 2 is 1.93 bits per heavy atom. The van der Waals surface area contributed by atoms with Gasteiger partial charge in [0.15, 0.2) is 0 Å². The monoisotopic (exact) mass is 420 g/mol. The maximum atomic E-state index is 12.9. The molecule has 2 aromatic rings. The minimum atomic E-state index is -3.60. The van der Waals surface area contributed by atoms with Crippen molar-refractivity contribution in [3.05, 3.63) is 58.6 Å². The molecule has 1 N–H and O–H groups in total. The summed E-state index contributed by atoms with van der Waals surface area (Å²) in [6.45, 7) is 1.29. The Morgan fingerprint density at radius 3 is 2.64 bits per heavy atom. The van der Waals surface area contributed by atoms with Crippen LogP contribution in [0.5, 0.6) is 0 Å². The van der Waals surface area contributed by atoms with Gasteiger partial charge in [0.2, 0.25) is 10.0 Å². The zero-order chi connectivity index (χ0) is 19.7. The van der Waals surface area contributed by atoms with E-state index >= 15 is 0 Å². The van der Waals surface area contributed by atoms with E-state index in [1.54, 1.807) is 12.1 Å². The molecular weight excluding hydrogens is 400 g/mol. The standard InChI is InChI=1S/C20H21ClN2O4S/c21-16-4-7-18(8-5-16)28(25,26)23-10-9-14-3-6-17(12-15(14)13-23)22-20(24)19-2-1-11-27-19/h3-8,12,19H,1-2,9-11,13H2,(H,22,24)/t19-/m1/s1. The van der Waals surface area contributed by atoms with Gasteiger partial charge in [-0.15, -0.1) is 0 Å². The number of nitrogens with zero attached hydrogens (tertiary/aromatic N) is 1. The number of anilines is 1.